The standard InChI is InChI=1S/C18H23ClN6/c1-2-20-18(23-14-6-7-17-21-11-22-25(17)10-14)24-16-9-15(16)12-4-3-5-13(19)8-12/h3-5,8,11,14-16H,2,6-7,9-10H2,1H3,(H2,20,23,24). The summed E-state index contributed by atoms with van der Waals surface area (Å²) in [7, 11) is 0. The van der Waals surface area contributed by atoms with Gasteiger partial charge >= 0.3 is 0 Å². The fraction of sp³-hybridized carbons (Fsp3) is 0.500. The van der Waals surface area contributed by atoms with Crippen LogP contribution in [-0.2, 0) is 13.0 Å². The van der Waals surface area contributed by atoms with Crippen LogP contribution in [0.2, 0.25) is 5.02 Å². The average molecular weight is 359 g/mol. The number of hydrogen-bond acceptors (Lipinski definition) is 3. The van der Waals surface area contributed by atoms with E-state index in [1.54, 1.807) is 6.33 Å². The topological polar surface area (TPSA) is 67.1 Å². The molecular formula is C18H23ClN6. The Bertz CT molecular complexity index is 770. The lowest BCUT2D eigenvalue weighted by Crippen LogP contribution is -2.48. The lowest BCUT2D eigenvalue weighted by molar-refractivity contribution is 0.392. The van der Waals surface area contributed by atoms with Gasteiger partial charge in [0.15, 0.2) is 5.96 Å². The van der Waals surface area contributed by atoms with Gasteiger partial charge in [0.1, 0.15) is 12.2 Å². The average Bonchev–Trinajstić information content (AvgIpc) is 3.20. The maximum atomic E-state index is 6.11. The summed E-state index contributed by atoms with van der Waals surface area (Å²) < 4.78 is 1.98. The van der Waals surface area contributed by atoms with Crippen molar-refractivity contribution in [2.45, 2.75) is 50.7 Å². The first-order chi connectivity index (χ1) is 12.2. The predicted octanol–water partition coefficient (Wildman–Crippen LogP) is 2.36. The summed E-state index contributed by atoms with van der Waals surface area (Å²) in [6, 6.07) is 8.89. The SMILES string of the molecule is CCN=C(NC1CCc2ncnn2C1)NC1CC1c1cccc(Cl)c1. The number of halogens is 1. The Kier molecular flexibility index (Phi) is 4.61. The third-order valence-electron chi connectivity index (χ3n) is 4.85. The summed E-state index contributed by atoms with van der Waals surface area (Å²) in [6.07, 6.45) is 4.75. The normalized spacial score (nSPS) is 25.4. The first kappa shape index (κ1) is 16.4. The Hall–Kier alpha value is -2.08. The molecule has 2 aromatic rings. The van der Waals surface area contributed by atoms with Gasteiger partial charge in [-0.3, -0.25) is 4.99 Å². The second kappa shape index (κ2) is 7.04. The highest BCUT2D eigenvalue weighted by Crippen LogP contribution is 2.41. The van der Waals surface area contributed by atoms with Crippen LogP contribution in [0.3, 0.4) is 0 Å². The number of fused-ring (bicyclic) bond motifs is 1. The van der Waals surface area contributed by atoms with Crippen LogP contribution in [0.25, 0.3) is 0 Å². The zero-order chi connectivity index (χ0) is 17.2. The van der Waals surface area contributed by atoms with Crippen molar-refractivity contribution in [3.05, 3.63) is 47.0 Å². The molecule has 2 aliphatic rings. The molecule has 3 atom stereocenters. The molecule has 1 aromatic carbocycles. The van der Waals surface area contributed by atoms with Crippen molar-refractivity contribution >= 4 is 17.6 Å². The number of guanidine groups is 1. The molecule has 2 heterocycles. The highest BCUT2D eigenvalue weighted by Gasteiger charge is 2.39. The minimum atomic E-state index is 0.329. The lowest BCUT2D eigenvalue weighted by atomic mass is 10.1. The van der Waals surface area contributed by atoms with Gasteiger partial charge in [-0.15, -0.1) is 0 Å². The quantitative estimate of drug-likeness (QED) is 0.650. The number of hydrogen-bond donors (Lipinski definition) is 2. The van der Waals surface area contributed by atoms with Gasteiger partial charge < -0.3 is 10.6 Å². The van der Waals surface area contributed by atoms with E-state index >= 15 is 0 Å². The van der Waals surface area contributed by atoms with Crippen molar-refractivity contribution in [1.29, 1.82) is 0 Å². The Labute approximate surface area is 152 Å². The Morgan fingerprint density at radius 3 is 3.16 bits per heavy atom. The minimum absolute atomic E-state index is 0.329. The molecule has 0 radical (unpaired) electrons. The summed E-state index contributed by atoms with van der Waals surface area (Å²) in [6.45, 7) is 3.65. The second-order valence-corrected chi connectivity index (χ2v) is 7.15. The molecule has 0 bridgehead atoms. The van der Waals surface area contributed by atoms with Gasteiger partial charge in [-0.05, 0) is 37.5 Å². The highest BCUT2D eigenvalue weighted by atomic mass is 35.5. The molecule has 1 aromatic heterocycles. The molecular weight excluding hydrogens is 336 g/mol. The van der Waals surface area contributed by atoms with E-state index in [4.69, 9.17) is 11.6 Å². The Morgan fingerprint density at radius 2 is 2.32 bits per heavy atom. The highest BCUT2D eigenvalue weighted by molar-refractivity contribution is 6.30. The van der Waals surface area contributed by atoms with E-state index in [-0.39, 0.29) is 0 Å². The number of benzene rings is 1. The molecule has 0 amide bonds. The maximum absolute atomic E-state index is 6.11. The summed E-state index contributed by atoms with van der Waals surface area (Å²) in [5.41, 5.74) is 1.30. The maximum Gasteiger partial charge on any atom is 0.191 e. The zero-order valence-corrected chi connectivity index (χ0v) is 15.1. The second-order valence-electron chi connectivity index (χ2n) is 6.71. The number of aliphatic imine (C=N–C) groups is 1. The van der Waals surface area contributed by atoms with Crippen LogP contribution in [0, 0.1) is 0 Å². The predicted molar refractivity (Wildman–Crippen MR) is 99.0 cm³/mol. The van der Waals surface area contributed by atoms with Crippen LogP contribution in [0.5, 0.6) is 0 Å². The van der Waals surface area contributed by atoms with Crippen LogP contribution < -0.4 is 10.6 Å². The molecule has 7 heteroatoms. The van der Waals surface area contributed by atoms with Gasteiger partial charge in [-0.2, -0.15) is 5.10 Å². The van der Waals surface area contributed by atoms with Crippen molar-refractivity contribution in [3.8, 4) is 0 Å². The number of aromatic nitrogens is 3. The number of rotatable bonds is 4. The first-order valence-electron chi connectivity index (χ1n) is 8.92. The van der Waals surface area contributed by atoms with Crippen LogP contribution >= 0.6 is 11.6 Å². The van der Waals surface area contributed by atoms with Crippen molar-refractivity contribution in [2.24, 2.45) is 4.99 Å². The lowest BCUT2D eigenvalue weighted by Gasteiger charge is -2.25. The zero-order valence-electron chi connectivity index (χ0n) is 14.3. The van der Waals surface area contributed by atoms with Crippen LogP contribution in [0.1, 0.15) is 37.1 Å². The molecule has 3 unspecified atom stereocenters. The largest absolute Gasteiger partial charge is 0.353 e. The number of aryl methyl sites for hydroxylation is 1. The summed E-state index contributed by atoms with van der Waals surface area (Å²) >= 11 is 6.11. The molecule has 1 fully saturated rings. The number of nitrogens with zero attached hydrogens (tertiary/aromatic N) is 4. The third-order valence-corrected chi connectivity index (χ3v) is 5.09. The molecule has 6 nitrogen and oxygen atoms in total. The summed E-state index contributed by atoms with van der Waals surface area (Å²) in [5.74, 6) is 2.48. The van der Waals surface area contributed by atoms with E-state index in [2.05, 4.69) is 44.8 Å². The van der Waals surface area contributed by atoms with Crippen molar-refractivity contribution < 1.29 is 0 Å². The molecule has 2 N–H and O–H groups in total. The van der Waals surface area contributed by atoms with Crippen molar-refractivity contribution in [3.63, 3.8) is 0 Å². The van der Waals surface area contributed by atoms with Crippen LogP contribution in [-0.4, -0.2) is 39.4 Å². The van der Waals surface area contributed by atoms with Gasteiger partial charge in [0.2, 0.25) is 0 Å². The van der Waals surface area contributed by atoms with E-state index in [1.807, 2.05) is 16.8 Å². The number of nitrogens with one attached hydrogen (secondary N) is 2. The molecule has 1 aliphatic carbocycles. The fourth-order valence-corrected chi connectivity index (χ4v) is 3.67. The van der Waals surface area contributed by atoms with Gasteiger partial charge in [0.25, 0.3) is 0 Å². The summed E-state index contributed by atoms with van der Waals surface area (Å²) in [5, 5.41) is 12.2. The van der Waals surface area contributed by atoms with Gasteiger partial charge in [-0.1, -0.05) is 23.7 Å². The fourth-order valence-electron chi connectivity index (χ4n) is 3.48. The Morgan fingerprint density at radius 1 is 1.40 bits per heavy atom. The smallest absolute Gasteiger partial charge is 0.191 e. The Balaban J connectivity index is 1.36. The molecule has 0 spiro atoms. The molecule has 4 rings (SSSR count). The summed E-state index contributed by atoms with van der Waals surface area (Å²) in [4.78, 5) is 8.89. The molecule has 132 valence electrons. The van der Waals surface area contributed by atoms with E-state index < -0.39 is 0 Å². The van der Waals surface area contributed by atoms with Crippen LogP contribution in [0.4, 0.5) is 0 Å². The van der Waals surface area contributed by atoms with E-state index in [0.29, 0.717) is 18.0 Å². The third kappa shape index (κ3) is 3.79. The van der Waals surface area contributed by atoms with Gasteiger partial charge in [0, 0.05) is 36.0 Å². The molecule has 1 saturated carbocycles. The van der Waals surface area contributed by atoms with Crippen LogP contribution in [0.15, 0.2) is 35.6 Å². The first-order valence-corrected chi connectivity index (χ1v) is 9.30. The van der Waals surface area contributed by atoms with E-state index in [0.717, 1.165) is 49.2 Å². The van der Waals surface area contributed by atoms with Gasteiger partial charge in [-0.25, -0.2) is 9.67 Å². The molecule has 0 saturated heterocycles. The molecule has 25 heavy (non-hydrogen) atoms. The monoisotopic (exact) mass is 358 g/mol. The van der Waals surface area contributed by atoms with Crippen molar-refractivity contribution in [2.75, 3.05) is 6.54 Å². The van der Waals surface area contributed by atoms with E-state index in [1.165, 1.54) is 5.56 Å². The minimum Gasteiger partial charge on any atom is -0.353 e. The van der Waals surface area contributed by atoms with Crippen molar-refractivity contribution in [1.82, 2.24) is 25.4 Å². The van der Waals surface area contributed by atoms with Gasteiger partial charge in [0.05, 0.1) is 6.54 Å². The molecule has 1 aliphatic heterocycles. The van der Waals surface area contributed by atoms with E-state index in [9.17, 15) is 0 Å².